The van der Waals surface area contributed by atoms with Crippen LogP contribution in [0.5, 0.6) is 0 Å². The molecule has 1 atom stereocenters. The van der Waals surface area contributed by atoms with Crippen molar-refractivity contribution < 1.29 is 4.79 Å². The molecule has 2 amide bonds. The van der Waals surface area contributed by atoms with Crippen LogP contribution in [0.2, 0.25) is 0 Å². The van der Waals surface area contributed by atoms with Crippen LogP contribution in [0.4, 0.5) is 4.79 Å². The quantitative estimate of drug-likeness (QED) is 0.721. The number of carbonyl (C=O) groups is 1. The topological polar surface area (TPSA) is 32.3 Å². The molecule has 1 unspecified atom stereocenters. The number of nitrogens with one attached hydrogen (secondary N) is 1. The second kappa shape index (κ2) is 4.20. The van der Waals surface area contributed by atoms with Crippen LogP contribution in [0, 0.1) is 0 Å². The number of urea groups is 1. The third-order valence-electron chi connectivity index (χ3n) is 3.54. The summed E-state index contributed by atoms with van der Waals surface area (Å²) >= 11 is 0. The number of likely N-dealkylation sites (tertiary alicyclic amines) is 1. The van der Waals surface area contributed by atoms with Crippen molar-refractivity contribution in [2.75, 3.05) is 6.54 Å². The van der Waals surface area contributed by atoms with Gasteiger partial charge in [0, 0.05) is 18.6 Å². The number of amides is 2. The van der Waals surface area contributed by atoms with E-state index in [1.54, 1.807) is 0 Å². The average molecular weight is 196 g/mol. The predicted molar refractivity (Wildman–Crippen MR) is 56.2 cm³/mol. The van der Waals surface area contributed by atoms with Gasteiger partial charge < -0.3 is 10.2 Å². The number of rotatable bonds is 2. The second-order valence-corrected chi connectivity index (χ2v) is 4.48. The van der Waals surface area contributed by atoms with Crippen LogP contribution in [0.3, 0.4) is 0 Å². The summed E-state index contributed by atoms with van der Waals surface area (Å²) < 4.78 is 0. The van der Waals surface area contributed by atoms with E-state index in [0.717, 1.165) is 13.0 Å². The zero-order valence-corrected chi connectivity index (χ0v) is 8.96. The minimum Gasteiger partial charge on any atom is -0.335 e. The lowest BCUT2D eigenvalue weighted by molar-refractivity contribution is 0.180. The average Bonchev–Trinajstić information content (AvgIpc) is 2.58. The van der Waals surface area contributed by atoms with Crippen LogP contribution in [0.15, 0.2) is 0 Å². The van der Waals surface area contributed by atoms with Crippen molar-refractivity contribution in [3.63, 3.8) is 0 Å². The van der Waals surface area contributed by atoms with Gasteiger partial charge in [-0.05, 0) is 38.5 Å². The highest BCUT2D eigenvalue weighted by Gasteiger charge is 2.29. The van der Waals surface area contributed by atoms with E-state index in [0.29, 0.717) is 12.1 Å². The van der Waals surface area contributed by atoms with Crippen molar-refractivity contribution in [3.05, 3.63) is 0 Å². The van der Waals surface area contributed by atoms with Gasteiger partial charge in [0.1, 0.15) is 0 Å². The van der Waals surface area contributed by atoms with Crippen molar-refractivity contribution in [1.29, 1.82) is 0 Å². The van der Waals surface area contributed by atoms with E-state index >= 15 is 0 Å². The SMILES string of the molecule is CCC1CCCN1C(=O)NC1CCC1. The van der Waals surface area contributed by atoms with Crippen molar-refractivity contribution in [2.24, 2.45) is 0 Å². The van der Waals surface area contributed by atoms with E-state index in [9.17, 15) is 4.79 Å². The zero-order chi connectivity index (χ0) is 9.97. The summed E-state index contributed by atoms with van der Waals surface area (Å²) in [4.78, 5) is 13.9. The van der Waals surface area contributed by atoms with Gasteiger partial charge in [0.25, 0.3) is 0 Å². The Kier molecular flexibility index (Phi) is 2.94. The lowest BCUT2D eigenvalue weighted by atomic mass is 9.93. The fourth-order valence-corrected chi connectivity index (χ4v) is 2.34. The van der Waals surface area contributed by atoms with Crippen LogP contribution in [-0.4, -0.2) is 29.6 Å². The van der Waals surface area contributed by atoms with Gasteiger partial charge in [0.2, 0.25) is 0 Å². The maximum Gasteiger partial charge on any atom is 0.317 e. The highest BCUT2D eigenvalue weighted by molar-refractivity contribution is 5.75. The summed E-state index contributed by atoms with van der Waals surface area (Å²) in [6.07, 6.45) is 7.10. The molecule has 3 nitrogen and oxygen atoms in total. The third kappa shape index (κ3) is 1.86. The van der Waals surface area contributed by atoms with Gasteiger partial charge in [-0.1, -0.05) is 6.92 Å². The summed E-state index contributed by atoms with van der Waals surface area (Å²) in [5.41, 5.74) is 0. The van der Waals surface area contributed by atoms with Crippen LogP contribution >= 0.6 is 0 Å². The van der Waals surface area contributed by atoms with Gasteiger partial charge in [-0.25, -0.2) is 4.79 Å². The molecular weight excluding hydrogens is 176 g/mol. The summed E-state index contributed by atoms with van der Waals surface area (Å²) in [5.74, 6) is 0. The molecule has 1 saturated carbocycles. The fraction of sp³-hybridized carbons (Fsp3) is 0.909. The molecule has 1 aliphatic heterocycles. The fourth-order valence-electron chi connectivity index (χ4n) is 2.34. The number of carbonyl (C=O) groups excluding carboxylic acids is 1. The Morgan fingerprint density at radius 3 is 2.71 bits per heavy atom. The molecule has 2 fully saturated rings. The minimum absolute atomic E-state index is 0.180. The maximum atomic E-state index is 11.8. The van der Waals surface area contributed by atoms with E-state index in [1.807, 2.05) is 4.90 Å². The smallest absolute Gasteiger partial charge is 0.317 e. The van der Waals surface area contributed by atoms with E-state index in [4.69, 9.17) is 0 Å². The van der Waals surface area contributed by atoms with E-state index in [-0.39, 0.29) is 6.03 Å². The lowest BCUT2D eigenvalue weighted by Gasteiger charge is -2.31. The molecular formula is C11H20N2O. The first-order valence-electron chi connectivity index (χ1n) is 5.88. The molecule has 1 aliphatic carbocycles. The first-order valence-corrected chi connectivity index (χ1v) is 5.88. The Labute approximate surface area is 85.8 Å². The normalized spacial score (nSPS) is 27.5. The van der Waals surface area contributed by atoms with Crippen LogP contribution in [0.1, 0.15) is 45.4 Å². The number of hydrogen-bond acceptors (Lipinski definition) is 1. The van der Waals surface area contributed by atoms with Crippen molar-refractivity contribution in [1.82, 2.24) is 10.2 Å². The molecule has 80 valence electrons. The molecule has 0 aromatic rings. The van der Waals surface area contributed by atoms with E-state index in [1.165, 1.54) is 32.1 Å². The largest absolute Gasteiger partial charge is 0.335 e. The van der Waals surface area contributed by atoms with Crippen LogP contribution < -0.4 is 5.32 Å². The third-order valence-corrected chi connectivity index (χ3v) is 3.54. The Morgan fingerprint density at radius 1 is 1.36 bits per heavy atom. The first-order chi connectivity index (χ1) is 6.81. The van der Waals surface area contributed by atoms with Gasteiger partial charge in [0.05, 0.1) is 0 Å². The molecule has 0 aromatic heterocycles. The molecule has 0 spiro atoms. The highest BCUT2D eigenvalue weighted by atomic mass is 16.2. The molecule has 1 saturated heterocycles. The molecule has 0 bridgehead atoms. The minimum atomic E-state index is 0.180. The number of nitrogens with zero attached hydrogens (tertiary/aromatic N) is 1. The van der Waals surface area contributed by atoms with Gasteiger partial charge in [0.15, 0.2) is 0 Å². The van der Waals surface area contributed by atoms with E-state index in [2.05, 4.69) is 12.2 Å². The lowest BCUT2D eigenvalue weighted by Crippen LogP contribution is -2.48. The predicted octanol–water partition coefficient (Wildman–Crippen LogP) is 2.12. The van der Waals surface area contributed by atoms with Crippen molar-refractivity contribution in [3.8, 4) is 0 Å². The zero-order valence-electron chi connectivity index (χ0n) is 8.96. The molecule has 2 rings (SSSR count). The summed E-state index contributed by atoms with van der Waals surface area (Å²) in [5, 5.41) is 3.11. The molecule has 1 N–H and O–H groups in total. The van der Waals surface area contributed by atoms with Gasteiger partial charge in [-0.3, -0.25) is 0 Å². The number of hydrogen-bond donors (Lipinski definition) is 1. The molecule has 3 heteroatoms. The van der Waals surface area contributed by atoms with Crippen LogP contribution in [0.25, 0.3) is 0 Å². The van der Waals surface area contributed by atoms with Crippen LogP contribution in [-0.2, 0) is 0 Å². The Bertz CT molecular complexity index is 213. The van der Waals surface area contributed by atoms with Crippen molar-refractivity contribution in [2.45, 2.75) is 57.5 Å². The standard InChI is InChI=1S/C11H20N2O/c1-2-10-7-4-8-13(10)11(14)12-9-5-3-6-9/h9-10H,2-8H2,1H3,(H,12,14). The second-order valence-electron chi connectivity index (χ2n) is 4.48. The molecule has 1 heterocycles. The monoisotopic (exact) mass is 196 g/mol. The Balaban J connectivity index is 1.83. The molecule has 14 heavy (non-hydrogen) atoms. The Hall–Kier alpha value is -0.730. The van der Waals surface area contributed by atoms with Gasteiger partial charge in [-0.2, -0.15) is 0 Å². The summed E-state index contributed by atoms with van der Waals surface area (Å²) in [6, 6.07) is 1.15. The summed E-state index contributed by atoms with van der Waals surface area (Å²) in [7, 11) is 0. The van der Waals surface area contributed by atoms with Gasteiger partial charge >= 0.3 is 6.03 Å². The molecule has 2 aliphatic rings. The Morgan fingerprint density at radius 2 is 2.14 bits per heavy atom. The maximum absolute atomic E-state index is 11.8. The highest BCUT2D eigenvalue weighted by Crippen LogP contribution is 2.22. The van der Waals surface area contributed by atoms with Gasteiger partial charge in [-0.15, -0.1) is 0 Å². The molecule has 0 aromatic carbocycles. The molecule has 0 radical (unpaired) electrons. The van der Waals surface area contributed by atoms with E-state index < -0.39 is 0 Å². The van der Waals surface area contributed by atoms with Crippen molar-refractivity contribution >= 4 is 6.03 Å². The first kappa shape index (κ1) is 9.81. The summed E-state index contributed by atoms with van der Waals surface area (Å²) in [6.45, 7) is 3.12.